The zero-order chi connectivity index (χ0) is 17.0. The fraction of sp³-hybridized carbons (Fsp3) is 0.769. The van der Waals surface area contributed by atoms with E-state index in [0.717, 1.165) is 25.7 Å². The van der Waals surface area contributed by atoms with E-state index in [1.165, 1.54) is 0 Å². The molecule has 0 bridgehead atoms. The van der Waals surface area contributed by atoms with Gasteiger partial charge in [-0.1, -0.05) is 0 Å². The molecule has 3 heterocycles. The van der Waals surface area contributed by atoms with Crippen molar-refractivity contribution in [2.45, 2.75) is 37.9 Å². The van der Waals surface area contributed by atoms with E-state index < -0.39 is 7.60 Å². The standard InChI is InChI=1S/C13H22N5O5P/c14-11-16-12(15)18-13(17-11)24(19,22-7-9-3-1-5-20-9)23-8-10-4-2-6-21-10/h9-10H,1-8H2,(H4,14,15,16,17,18). The van der Waals surface area contributed by atoms with Gasteiger partial charge in [-0.3, -0.25) is 4.57 Å². The van der Waals surface area contributed by atoms with Crippen molar-refractivity contribution in [3.05, 3.63) is 0 Å². The van der Waals surface area contributed by atoms with E-state index >= 15 is 0 Å². The third kappa shape index (κ3) is 4.40. The highest BCUT2D eigenvalue weighted by molar-refractivity contribution is 7.61. The third-order valence-corrected chi connectivity index (χ3v) is 5.48. The van der Waals surface area contributed by atoms with E-state index in [9.17, 15) is 4.57 Å². The number of anilines is 2. The van der Waals surface area contributed by atoms with Gasteiger partial charge >= 0.3 is 7.60 Å². The normalized spacial score (nSPS) is 26.5. The van der Waals surface area contributed by atoms with Crippen LogP contribution >= 0.6 is 7.60 Å². The van der Waals surface area contributed by atoms with Gasteiger partial charge in [0, 0.05) is 13.2 Å². The minimum absolute atomic E-state index is 0.119. The first-order chi connectivity index (χ1) is 11.5. The molecule has 4 N–H and O–H groups in total. The Morgan fingerprint density at radius 1 is 0.958 bits per heavy atom. The Morgan fingerprint density at radius 2 is 1.46 bits per heavy atom. The molecule has 2 aliphatic rings. The first-order valence-electron chi connectivity index (χ1n) is 7.95. The summed E-state index contributed by atoms with van der Waals surface area (Å²) >= 11 is 0. The summed E-state index contributed by atoms with van der Waals surface area (Å²) in [6, 6.07) is 0. The van der Waals surface area contributed by atoms with Crippen LogP contribution in [0.3, 0.4) is 0 Å². The van der Waals surface area contributed by atoms with Crippen LogP contribution in [-0.2, 0) is 23.1 Å². The number of nitrogens with zero attached hydrogens (tertiary/aromatic N) is 3. The third-order valence-electron chi connectivity index (χ3n) is 3.81. The van der Waals surface area contributed by atoms with Crippen molar-refractivity contribution >= 4 is 25.1 Å². The summed E-state index contributed by atoms with van der Waals surface area (Å²) in [6.45, 7) is 1.57. The molecule has 0 radical (unpaired) electrons. The van der Waals surface area contributed by atoms with Crippen molar-refractivity contribution in [3.8, 4) is 0 Å². The first-order valence-corrected chi connectivity index (χ1v) is 9.49. The van der Waals surface area contributed by atoms with Gasteiger partial charge in [0.15, 0.2) is 0 Å². The van der Waals surface area contributed by atoms with E-state index in [1.807, 2.05) is 0 Å². The monoisotopic (exact) mass is 359 g/mol. The van der Waals surface area contributed by atoms with Gasteiger partial charge < -0.3 is 30.0 Å². The molecular weight excluding hydrogens is 337 g/mol. The molecule has 0 aromatic carbocycles. The summed E-state index contributed by atoms with van der Waals surface area (Å²) in [5.74, 6) is -0.279. The Hall–Kier alpha value is -1.32. The molecule has 10 nitrogen and oxygen atoms in total. The molecule has 0 aliphatic carbocycles. The van der Waals surface area contributed by atoms with E-state index in [2.05, 4.69) is 15.0 Å². The molecule has 1 aromatic heterocycles. The van der Waals surface area contributed by atoms with Crippen LogP contribution in [0, 0.1) is 0 Å². The largest absolute Gasteiger partial charge is 0.398 e. The number of nitrogen functional groups attached to an aromatic ring is 2. The number of hydrogen-bond donors (Lipinski definition) is 2. The van der Waals surface area contributed by atoms with E-state index in [0.29, 0.717) is 13.2 Å². The van der Waals surface area contributed by atoms with Crippen LogP contribution < -0.4 is 17.0 Å². The lowest BCUT2D eigenvalue weighted by atomic mass is 10.2. The SMILES string of the molecule is Nc1nc(N)nc(P(=O)(OCC2CCCO2)OCC2CCCO2)n1. The maximum Gasteiger partial charge on any atom is 0.398 e. The van der Waals surface area contributed by atoms with Gasteiger partial charge in [-0.25, -0.2) is 0 Å². The van der Waals surface area contributed by atoms with E-state index in [-0.39, 0.29) is 42.9 Å². The number of aromatic nitrogens is 3. The predicted molar refractivity (Wildman–Crippen MR) is 85.7 cm³/mol. The van der Waals surface area contributed by atoms with Gasteiger partial charge in [0.1, 0.15) is 0 Å². The highest BCUT2D eigenvalue weighted by atomic mass is 31.2. The summed E-state index contributed by atoms with van der Waals surface area (Å²) in [5, 5.41) is 0. The molecule has 2 saturated heterocycles. The average molecular weight is 359 g/mol. The fourth-order valence-corrected chi connectivity index (χ4v) is 4.07. The van der Waals surface area contributed by atoms with Crippen molar-refractivity contribution in [2.24, 2.45) is 0 Å². The van der Waals surface area contributed by atoms with Gasteiger partial charge in [-0.2, -0.15) is 15.0 Å². The highest BCUT2D eigenvalue weighted by Crippen LogP contribution is 2.47. The minimum atomic E-state index is -3.81. The molecule has 2 fully saturated rings. The average Bonchev–Trinajstić information content (AvgIpc) is 3.23. The highest BCUT2D eigenvalue weighted by Gasteiger charge is 2.35. The predicted octanol–water partition coefficient (Wildman–Crippen LogP) is 0.246. The number of ether oxygens (including phenoxy) is 2. The van der Waals surface area contributed by atoms with Crippen molar-refractivity contribution in [1.29, 1.82) is 0 Å². The molecule has 0 spiro atoms. The number of rotatable bonds is 7. The summed E-state index contributed by atoms with van der Waals surface area (Å²) in [4.78, 5) is 11.4. The van der Waals surface area contributed by atoms with Crippen molar-refractivity contribution in [3.63, 3.8) is 0 Å². The topological polar surface area (TPSA) is 145 Å². The van der Waals surface area contributed by atoms with E-state index in [4.69, 9.17) is 30.0 Å². The van der Waals surface area contributed by atoms with Gasteiger partial charge in [0.05, 0.1) is 25.4 Å². The van der Waals surface area contributed by atoms with Crippen LogP contribution in [0.5, 0.6) is 0 Å². The Balaban J connectivity index is 1.73. The zero-order valence-electron chi connectivity index (χ0n) is 13.3. The van der Waals surface area contributed by atoms with Crippen LogP contribution in [0.15, 0.2) is 0 Å². The molecule has 24 heavy (non-hydrogen) atoms. The molecule has 11 heteroatoms. The van der Waals surface area contributed by atoms with Crippen LogP contribution in [0.2, 0.25) is 0 Å². The Kier molecular flexibility index (Phi) is 5.62. The Labute approximate surface area is 139 Å². The molecule has 134 valence electrons. The smallest absolute Gasteiger partial charge is 0.376 e. The molecule has 2 aliphatic heterocycles. The molecular formula is C13H22N5O5P. The van der Waals surface area contributed by atoms with Crippen molar-refractivity contribution < 1.29 is 23.1 Å². The lowest BCUT2D eigenvalue weighted by molar-refractivity contribution is 0.0434. The summed E-state index contributed by atoms with van der Waals surface area (Å²) < 4.78 is 35.3. The fourth-order valence-electron chi connectivity index (χ4n) is 2.59. The van der Waals surface area contributed by atoms with Gasteiger partial charge in [0.25, 0.3) is 0 Å². The Bertz CT molecular complexity index is 562. The maximum atomic E-state index is 13.2. The molecule has 3 rings (SSSR count). The number of hydrogen-bond acceptors (Lipinski definition) is 10. The summed E-state index contributed by atoms with van der Waals surface area (Å²) in [5.41, 5.74) is 10.9. The summed E-state index contributed by atoms with van der Waals surface area (Å²) in [6.07, 6.45) is 3.32. The molecule has 2 unspecified atom stereocenters. The van der Waals surface area contributed by atoms with Crippen molar-refractivity contribution in [1.82, 2.24) is 15.0 Å². The first kappa shape index (κ1) is 17.5. The second-order valence-electron chi connectivity index (χ2n) is 5.71. The number of nitrogens with two attached hydrogens (primary N) is 2. The Morgan fingerprint density at radius 3 is 1.88 bits per heavy atom. The van der Waals surface area contributed by atoms with Gasteiger partial charge in [0.2, 0.25) is 17.5 Å². The zero-order valence-corrected chi connectivity index (χ0v) is 14.2. The molecule has 0 saturated carbocycles. The minimum Gasteiger partial charge on any atom is -0.376 e. The second kappa shape index (κ2) is 7.71. The molecule has 1 aromatic rings. The maximum absolute atomic E-state index is 13.2. The lowest BCUT2D eigenvalue weighted by Crippen LogP contribution is -2.26. The van der Waals surface area contributed by atoms with Crippen molar-refractivity contribution in [2.75, 3.05) is 37.9 Å². The van der Waals surface area contributed by atoms with E-state index in [1.54, 1.807) is 0 Å². The van der Waals surface area contributed by atoms with Crippen LogP contribution in [0.25, 0.3) is 0 Å². The molecule has 0 amide bonds. The quantitative estimate of drug-likeness (QED) is 0.649. The van der Waals surface area contributed by atoms with Crippen LogP contribution in [-0.4, -0.2) is 53.6 Å². The van der Waals surface area contributed by atoms with Gasteiger partial charge in [-0.15, -0.1) is 0 Å². The van der Waals surface area contributed by atoms with Crippen LogP contribution in [0.1, 0.15) is 25.7 Å². The molecule has 2 atom stereocenters. The van der Waals surface area contributed by atoms with Gasteiger partial charge in [-0.05, 0) is 25.7 Å². The summed E-state index contributed by atoms with van der Waals surface area (Å²) in [7, 11) is -3.81. The van der Waals surface area contributed by atoms with Crippen LogP contribution in [0.4, 0.5) is 11.9 Å². The second-order valence-corrected chi connectivity index (χ2v) is 7.62. The lowest BCUT2D eigenvalue weighted by Gasteiger charge is -2.20.